The first-order valence-electron chi connectivity index (χ1n) is 13.5. The van der Waals surface area contributed by atoms with Gasteiger partial charge in [0.2, 0.25) is 10.0 Å². The zero-order valence-corrected chi connectivity index (χ0v) is 25.3. The summed E-state index contributed by atoms with van der Waals surface area (Å²) in [6.45, 7) is 6.24. The van der Waals surface area contributed by atoms with Crippen LogP contribution in [0.2, 0.25) is 0 Å². The maximum absolute atomic E-state index is 13.1. The zero-order valence-electron chi connectivity index (χ0n) is 22.9. The van der Waals surface area contributed by atoms with Gasteiger partial charge in [0.25, 0.3) is 11.8 Å². The number of anilines is 1. The third-order valence-corrected chi connectivity index (χ3v) is 9.03. The number of unbranched alkanes of at least 4 members (excludes halogenated alkanes) is 4. The molecule has 1 saturated heterocycles. The maximum Gasteiger partial charge on any atom is 0.266 e. The quantitative estimate of drug-likeness (QED) is 0.152. The van der Waals surface area contributed by atoms with Gasteiger partial charge in [-0.1, -0.05) is 75.6 Å². The summed E-state index contributed by atoms with van der Waals surface area (Å²) in [7, 11) is -4.06. The highest BCUT2D eigenvalue weighted by molar-refractivity contribution is 8.26. The molecule has 1 fully saturated rings. The molecule has 3 rings (SSSR count). The van der Waals surface area contributed by atoms with Gasteiger partial charge in [-0.3, -0.25) is 14.5 Å². The Morgan fingerprint density at radius 2 is 1.60 bits per heavy atom. The number of thiocarbonyl (C=S) groups is 1. The van der Waals surface area contributed by atoms with Crippen LogP contribution in [0.3, 0.4) is 0 Å². The van der Waals surface area contributed by atoms with E-state index >= 15 is 0 Å². The number of thioether (sulfide) groups is 1. The van der Waals surface area contributed by atoms with Crippen LogP contribution < -0.4 is 9.62 Å². The van der Waals surface area contributed by atoms with Crippen LogP contribution in [0.1, 0.15) is 68.3 Å². The molecular formula is C29H36FN3O4S3. The highest BCUT2D eigenvalue weighted by atomic mass is 32.2. The molecule has 2 amide bonds. The van der Waals surface area contributed by atoms with Crippen molar-refractivity contribution in [2.24, 2.45) is 0 Å². The monoisotopic (exact) mass is 605 g/mol. The molecule has 0 aliphatic carbocycles. The number of amides is 2. The Hall–Kier alpha value is -2.76. The molecule has 1 N–H and O–H groups in total. The number of halogens is 1. The van der Waals surface area contributed by atoms with Crippen molar-refractivity contribution in [1.29, 1.82) is 0 Å². The molecule has 0 aromatic heterocycles. The average molecular weight is 606 g/mol. The van der Waals surface area contributed by atoms with E-state index in [9.17, 15) is 22.4 Å². The van der Waals surface area contributed by atoms with E-state index in [0.717, 1.165) is 61.1 Å². The molecule has 0 saturated carbocycles. The van der Waals surface area contributed by atoms with Gasteiger partial charge in [-0.2, -0.15) is 0 Å². The Labute approximate surface area is 246 Å². The summed E-state index contributed by atoms with van der Waals surface area (Å²) >= 11 is 6.45. The Morgan fingerprint density at radius 3 is 2.17 bits per heavy atom. The summed E-state index contributed by atoms with van der Waals surface area (Å²) in [5, 5.41) is 0. The first-order valence-corrected chi connectivity index (χ1v) is 16.4. The second-order valence-electron chi connectivity index (χ2n) is 9.58. The SMILES string of the molecule is CCCCCN(CCCCC)c1ccc(/C=C2\SC(=S)N(CCS(=O)(=O)NC(=O)c3ccc(F)cc3)C2=O)cc1. The Kier molecular flexibility index (Phi) is 12.1. The van der Waals surface area contributed by atoms with Crippen molar-refractivity contribution < 1.29 is 22.4 Å². The van der Waals surface area contributed by atoms with E-state index in [0.29, 0.717) is 4.91 Å². The van der Waals surface area contributed by atoms with E-state index in [1.807, 2.05) is 16.9 Å². The van der Waals surface area contributed by atoms with Crippen LogP contribution in [0.15, 0.2) is 53.4 Å². The van der Waals surface area contributed by atoms with Gasteiger partial charge in [0, 0.05) is 30.9 Å². The summed E-state index contributed by atoms with van der Waals surface area (Å²) in [5.41, 5.74) is 2.02. The number of carbonyl (C=O) groups is 2. The average Bonchev–Trinajstić information content (AvgIpc) is 3.19. The third-order valence-electron chi connectivity index (χ3n) is 6.43. The van der Waals surface area contributed by atoms with E-state index in [2.05, 4.69) is 30.9 Å². The topological polar surface area (TPSA) is 86.8 Å². The minimum Gasteiger partial charge on any atom is -0.372 e. The smallest absolute Gasteiger partial charge is 0.266 e. The highest BCUT2D eigenvalue weighted by Gasteiger charge is 2.33. The minimum atomic E-state index is -4.06. The van der Waals surface area contributed by atoms with E-state index in [-0.39, 0.29) is 22.3 Å². The lowest BCUT2D eigenvalue weighted by Gasteiger charge is -2.25. The first-order chi connectivity index (χ1) is 19.1. The van der Waals surface area contributed by atoms with Crippen molar-refractivity contribution in [2.45, 2.75) is 52.4 Å². The minimum absolute atomic E-state index is 0.00887. The fraction of sp³-hybridized carbons (Fsp3) is 0.414. The van der Waals surface area contributed by atoms with Gasteiger partial charge in [0.1, 0.15) is 10.1 Å². The molecule has 0 bridgehead atoms. The molecule has 0 radical (unpaired) electrons. The molecule has 7 nitrogen and oxygen atoms in total. The summed E-state index contributed by atoms with van der Waals surface area (Å²) < 4.78 is 40.2. The summed E-state index contributed by atoms with van der Waals surface area (Å²) in [5.74, 6) is -2.30. The maximum atomic E-state index is 13.1. The molecular weight excluding hydrogens is 570 g/mol. The second-order valence-corrected chi connectivity index (χ2v) is 13.1. The molecule has 1 heterocycles. The van der Waals surface area contributed by atoms with Crippen molar-refractivity contribution in [3.63, 3.8) is 0 Å². The van der Waals surface area contributed by atoms with Gasteiger partial charge < -0.3 is 4.90 Å². The third kappa shape index (κ3) is 9.42. The van der Waals surface area contributed by atoms with Crippen LogP contribution in [0.4, 0.5) is 10.1 Å². The Bertz CT molecular complexity index is 1300. The number of carbonyl (C=O) groups excluding carboxylic acids is 2. The van der Waals surface area contributed by atoms with Gasteiger partial charge >= 0.3 is 0 Å². The number of nitrogens with one attached hydrogen (secondary N) is 1. The number of hydrogen-bond donors (Lipinski definition) is 1. The van der Waals surface area contributed by atoms with Gasteiger partial charge in [0.15, 0.2) is 0 Å². The van der Waals surface area contributed by atoms with E-state index in [1.54, 1.807) is 6.08 Å². The zero-order chi connectivity index (χ0) is 29.1. The highest BCUT2D eigenvalue weighted by Crippen LogP contribution is 2.32. The number of hydrogen-bond acceptors (Lipinski definition) is 7. The van der Waals surface area contributed by atoms with Crippen LogP contribution in [-0.4, -0.2) is 54.8 Å². The van der Waals surface area contributed by atoms with Crippen molar-refractivity contribution in [3.05, 3.63) is 70.4 Å². The van der Waals surface area contributed by atoms with Crippen LogP contribution in [-0.2, 0) is 14.8 Å². The normalized spacial score (nSPS) is 14.7. The number of benzene rings is 2. The molecule has 216 valence electrons. The lowest BCUT2D eigenvalue weighted by Crippen LogP contribution is -2.39. The lowest BCUT2D eigenvalue weighted by molar-refractivity contribution is -0.121. The molecule has 1 aliphatic rings. The van der Waals surface area contributed by atoms with Gasteiger partial charge in [0.05, 0.1) is 10.7 Å². The predicted molar refractivity (Wildman–Crippen MR) is 165 cm³/mol. The molecule has 40 heavy (non-hydrogen) atoms. The molecule has 2 aromatic rings. The second kappa shape index (κ2) is 15.3. The first kappa shape index (κ1) is 31.8. The molecule has 0 spiro atoms. The van der Waals surface area contributed by atoms with Gasteiger partial charge in [-0.15, -0.1) is 0 Å². The van der Waals surface area contributed by atoms with E-state index in [1.165, 1.54) is 42.7 Å². The largest absolute Gasteiger partial charge is 0.372 e. The number of nitrogens with zero attached hydrogens (tertiary/aromatic N) is 2. The Morgan fingerprint density at radius 1 is 1.00 bits per heavy atom. The predicted octanol–water partition coefficient (Wildman–Crippen LogP) is 5.97. The fourth-order valence-corrected chi connectivity index (χ4v) is 6.40. The number of rotatable bonds is 15. The van der Waals surface area contributed by atoms with E-state index in [4.69, 9.17) is 12.2 Å². The van der Waals surface area contributed by atoms with Crippen LogP contribution >= 0.6 is 24.0 Å². The van der Waals surface area contributed by atoms with Crippen molar-refractivity contribution >= 4 is 61.9 Å². The van der Waals surface area contributed by atoms with Crippen molar-refractivity contribution in [2.75, 3.05) is 30.3 Å². The van der Waals surface area contributed by atoms with Crippen molar-refractivity contribution in [1.82, 2.24) is 9.62 Å². The lowest BCUT2D eigenvalue weighted by atomic mass is 10.1. The standard InChI is InChI=1S/C29H36FN3O4S3/c1-3-5-7-17-32(18-8-6-4-2)25-15-9-22(10-16-25)21-26-28(35)33(29(38)39-26)19-20-40(36,37)31-27(34)23-11-13-24(30)14-12-23/h9-16,21H,3-8,17-20H2,1-2H3,(H,31,34)/b26-21-. The van der Waals surface area contributed by atoms with Gasteiger partial charge in [-0.25, -0.2) is 17.5 Å². The summed E-state index contributed by atoms with van der Waals surface area (Å²) in [4.78, 5) is 29.3. The van der Waals surface area contributed by atoms with Crippen LogP contribution in [0, 0.1) is 5.82 Å². The molecule has 0 unspecified atom stereocenters. The summed E-state index contributed by atoms with van der Waals surface area (Å²) in [6.07, 6.45) is 8.81. The van der Waals surface area contributed by atoms with E-state index < -0.39 is 27.5 Å². The number of sulfonamides is 1. The van der Waals surface area contributed by atoms with Crippen LogP contribution in [0.25, 0.3) is 6.08 Å². The molecule has 1 aliphatic heterocycles. The Balaban J connectivity index is 1.61. The fourth-order valence-electron chi connectivity index (χ4n) is 4.16. The molecule has 11 heteroatoms. The molecule has 0 atom stereocenters. The van der Waals surface area contributed by atoms with Gasteiger partial charge in [-0.05, 0) is 60.9 Å². The molecule has 2 aromatic carbocycles. The van der Waals surface area contributed by atoms with Crippen LogP contribution in [0.5, 0.6) is 0 Å². The summed E-state index contributed by atoms with van der Waals surface area (Å²) in [6, 6.07) is 12.6. The van der Waals surface area contributed by atoms with Crippen molar-refractivity contribution in [3.8, 4) is 0 Å².